The summed E-state index contributed by atoms with van der Waals surface area (Å²) in [5.41, 5.74) is -1.55. The van der Waals surface area contributed by atoms with Gasteiger partial charge in [0.05, 0.1) is 12.6 Å². The SMILES string of the molecule is [2H]C1=C(B2OC(C)(C)C(C)(C)O2)C([2H])([2H])CC(C)(C)C1[2H]. The van der Waals surface area contributed by atoms with Crippen LogP contribution in [0.15, 0.2) is 11.5 Å². The normalized spacial score (nSPS) is 41.5. The number of allylic oxidation sites excluding steroid dienone is 2. The van der Waals surface area contributed by atoms with E-state index in [2.05, 4.69) is 0 Å². The van der Waals surface area contributed by atoms with E-state index in [9.17, 15) is 0 Å². The Hall–Kier alpha value is -0.275. The fraction of sp³-hybridized carbons (Fsp3) is 0.857. The highest BCUT2D eigenvalue weighted by atomic mass is 16.7. The first kappa shape index (κ1) is 8.76. The minimum atomic E-state index is -1.70. The highest BCUT2D eigenvalue weighted by Crippen LogP contribution is 2.42. The lowest BCUT2D eigenvalue weighted by Crippen LogP contribution is -2.41. The molecule has 0 radical (unpaired) electrons. The molecule has 96 valence electrons. The maximum atomic E-state index is 8.33. The van der Waals surface area contributed by atoms with Crippen LogP contribution in [0, 0.1) is 5.41 Å². The Balaban J connectivity index is 2.46. The molecule has 2 rings (SSSR count). The van der Waals surface area contributed by atoms with Gasteiger partial charge in [0.25, 0.3) is 0 Å². The van der Waals surface area contributed by atoms with Gasteiger partial charge in [0.15, 0.2) is 0 Å². The minimum absolute atomic E-state index is 0.00486. The van der Waals surface area contributed by atoms with Gasteiger partial charge >= 0.3 is 7.12 Å². The molecule has 0 amide bonds. The summed E-state index contributed by atoms with van der Waals surface area (Å²) < 4.78 is 45.0. The molecule has 0 saturated carbocycles. The third-order valence-corrected chi connectivity index (χ3v) is 3.84. The Kier molecular flexibility index (Phi) is 1.99. The molecule has 17 heavy (non-hydrogen) atoms. The van der Waals surface area contributed by atoms with Crippen molar-refractivity contribution in [3.05, 3.63) is 11.5 Å². The first-order chi connectivity index (χ1) is 9.21. The molecule has 2 nitrogen and oxygen atoms in total. The predicted octanol–water partition coefficient (Wildman–Crippen LogP) is 3.75. The molecule has 0 bridgehead atoms. The summed E-state index contributed by atoms with van der Waals surface area (Å²) in [5, 5.41) is 0. The molecular formula is C14H25BO2. The summed E-state index contributed by atoms with van der Waals surface area (Å²) in [6, 6.07) is -0.00486. The second-order valence-electron chi connectivity index (χ2n) is 6.63. The van der Waals surface area contributed by atoms with E-state index in [1.165, 1.54) is 0 Å². The lowest BCUT2D eigenvalue weighted by atomic mass is 9.67. The third-order valence-electron chi connectivity index (χ3n) is 3.84. The summed E-state index contributed by atoms with van der Waals surface area (Å²) >= 11 is 0. The third kappa shape index (κ3) is 2.46. The summed E-state index contributed by atoms with van der Waals surface area (Å²) in [7, 11) is -0.888. The molecule has 0 aromatic rings. The molecule has 1 aliphatic heterocycles. The highest BCUT2D eigenvalue weighted by molar-refractivity contribution is 6.54. The maximum absolute atomic E-state index is 8.33. The van der Waals surface area contributed by atoms with E-state index in [0.717, 1.165) is 0 Å². The zero-order valence-corrected chi connectivity index (χ0v) is 11.7. The summed E-state index contributed by atoms with van der Waals surface area (Å²) in [5.74, 6) is 0. The molecule has 1 heterocycles. The van der Waals surface area contributed by atoms with Gasteiger partial charge in [0.1, 0.15) is 0 Å². The molecular weight excluding hydrogens is 211 g/mol. The van der Waals surface area contributed by atoms with E-state index in [1.54, 1.807) is 0 Å². The van der Waals surface area contributed by atoms with Gasteiger partial charge in [0.2, 0.25) is 0 Å². The molecule has 0 spiro atoms. The monoisotopic (exact) mass is 240 g/mol. The quantitative estimate of drug-likeness (QED) is 0.650. The second kappa shape index (κ2) is 3.86. The Morgan fingerprint density at radius 3 is 2.24 bits per heavy atom. The zero-order valence-electron chi connectivity index (χ0n) is 15.7. The Bertz CT molecular complexity index is 469. The van der Waals surface area contributed by atoms with Crippen LogP contribution in [-0.2, 0) is 9.31 Å². The molecule has 1 saturated heterocycles. The van der Waals surface area contributed by atoms with Crippen LogP contribution < -0.4 is 0 Å². The van der Waals surface area contributed by atoms with E-state index in [1.807, 2.05) is 41.5 Å². The highest BCUT2D eigenvalue weighted by Gasteiger charge is 2.52. The van der Waals surface area contributed by atoms with Crippen molar-refractivity contribution in [2.24, 2.45) is 5.41 Å². The fourth-order valence-corrected chi connectivity index (χ4v) is 1.81. The van der Waals surface area contributed by atoms with Crippen LogP contribution >= 0.6 is 0 Å². The van der Waals surface area contributed by atoms with Crippen molar-refractivity contribution in [3.8, 4) is 0 Å². The fourth-order valence-electron chi connectivity index (χ4n) is 1.81. The van der Waals surface area contributed by atoms with Gasteiger partial charge in [-0.1, -0.05) is 19.9 Å². The minimum Gasteiger partial charge on any atom is -0.400 e. The van der Waals surface area contributed by atoms with Crippen molar-refractivity contribution < 1.29 is 14.8 Å². The lowest BCUT2D eigenvalue weighted by Gasteiger charge is -2.32. The smallest absolute Gasteiger partial charge is 0.400 e. The number of hydrogen-bond acceptors (Lipinski definition) is 2. The van der Waals surface area contributed by atoms with E-state index < -0.39 is 36.5 Å². The van der Waals surface area contributed by atoms with Crippen LogP contribution in [0.25, 0.3) is 0 Å². The number of rotatable bonds is 1. The predicted molar refractivity (Wildman–Crippen MR) is 71.8 cm³/mol. The average Bonchev–Trinajstić information content (AvgIpc) is 2.42. The molecule has 1 fully saturated rings. The molecule has 1 aliphatic carbocycles. The Labute approximate surface area is 112 Å². The van der Waals surface area contributed by atoms with E-state index in [-0.39, 0.29) is 17.9 Å². The van der Waals surface area contributed by atoms with Crippen molar-refractivity contribution in [2.45, 2.75) is 71.9 Å². The Morgan fingerprint density at radius 1 is 1.18 bits per heavy atom. The molecule has 1 unspecified atom stereocenters. The van der Waals surface area contributed by atoms with Crippen molar-refractivity contribution in [1.29, 1.82) is 0 Å². The molecule has 0 N–H and O–H groups in total. The maximum Gasteiger partial charge on any atom is 0.490 e. The van der Waals surface area contributed by atoms with Crippen molar-refractivity contribution in [1.82, 2.24) is 0 Å². The summed E-state index contributed by atoms with van der Waals surface area (Å²) in [6.45, 7) is 11.3. The van der Waals surface area contributed by atoms with Gasteiger partial charge in [-0.05, 0) is 57.8 Å². The van der Waals surface area contributed by atoms with Gasteiger partial charge in [-0.25, -0.2) is 0 Å². The largest absolute Gasteiger partial charge is 0.490 e. The first-order valence-electron chi connectivity index (χ1n) is 8.28. The van der Waals surface area contributed by atoms with Crippen LogP contribution in [0.3, 0.4) is 0 Å². The van der Waals surface area contributed by atoms with Gasteiger partial charge in [0, 0.05) is 4.11 Å². The Morgan fingerprint density at radius 2 is 1.71 bits per heavy atom. The van der Waals surface area contributed by atoms with Crippen LogP contribution in [0.2, 0.25) is 0 Å². The van der Waals surface area contributed by atoms with Crippen LogP contribution in [0.4, 0.5) is 0 Å². The molecule has 3 heteroatoms. The standard InChI is InChI=1S/C14H25BO2/c1-12(2)9-7-11(8-10-12)15-16-13(3,4)14(5,6)17-15/h7H,8-10H2,1-6H3/i7D,8D2,9D. The van der Waals surface area contributed by atoms with Gasteiger partial charge in [-0.3, -0.25) is 0 Å². The van der Waals surface area contributed by atoms with Crippen molar-refractivity contribution in [2.75, 3.05) is 0 Å². The van der Waals surface area contributed by atoms with Gasteiger partial charge in [-0.2, -0.15) is 0 Å². The van der Waals surface area contributed by atoms with Crippen LogP contribution in [0.5, 0.6) is 0 Å². The van der Waals surface area contributed by atoms with E-state index in [4.69, 9.17) is 14.8 Å². The number of hydrogen-bond donors (Lipinski definition) is 0. The molecule has 1 atom stereocenters. The van der Waals surface area contributed by atoms with Gasteiger partial charge < -0.3 is 9.31 Å². The van der Waals surface area contributed by atoms with Gasteiger partial charge in [-0.15, -0.1) is 0 Å². The summed E-state index contributed by atoms with van der Waals surface area (Å²) in [6.07, 6.45) is -2.27. The second-order valence-corrected chi connectivity index (χ2v) is 6.63. The van der Waals surface area contributed by atoms with Crippen molar-refractivity contribution >= 4 is 7.12 Å². The topological polar surface area (TPSA) is 18.5 Å². The van der Waals surface area contributed by atoms with Crippen LogP contribution in [-0.4, -0.2) is 18.3 Å². The van der Waals surface area contributed by atoms with Crippen molar-refractivity contribution in [3.63, 3.8) is 0 Å². The molecule has 0 aromatic heterocycles. The van der Waals surface area contributed by atoms with E-state index >= 15 is 0 Å². The molecule has 0 aromatic carbocycles. The molecule has 2 aliphatic rings. The lowest BCUT2D eigenvalue weighted by molar-refractivity contribution is 0.00578. The van der Waals surface area contributed by atoms with E-state index in [0.29, 0.717) is 0 Å². The summed E-state index contributed by atoms with van der Waals surface area (Å²) in [4.78, 5) is 0. The van der Waals surface area contributed by atoms with Crippen LogP contribution in [0.1, 0.15) is 66.2 Å². The first-order valence-corrected chi connectivity index (χ1v) is 6.20. The average molecular weight is 240 g/mol. The zero-order chi connectivity index (χ0) is 16.4.